The zero-order chi connectivity index (χ0) is 23.0. The molecule has 3 rings (SSSR count). The summed E-state index contributed by atoms with van der Waals surface area (Å²) in [6.45, 7) is 0. The first-order valence-corrected chi connectivity index (χ1v) is 9.29. The quantitative estimate of drug-likeness (QED) is 0.596. The molecule has 0 bridgehead atoms. The number of Topliss-reactive ketones (excluding diaryl/α,β-unsaturated/α-hetero) is 1. The molecule has 0 saturated carbocycles. The van der Waals surface area contributed by atoms with Crippen LogP contribution in [0.5, 0.6) is 11.5 Å². The molecule has 2 amide bonds. The lowest BCUT2D eigenvalue weighted by Crippen LogP contribution is -2.72. The maximum atomic E-state index is 13.9. The third kappa shape index (κ3) is 4.13. The van der Waals surface area contributed by atoms with E-state index in [9.17, 15) is 27.9 Å². The van der Waals surface area contributed by atoms with Crippen molar-refractivity contribution in [3.8, 4) is 11.5 Å². The molecule has 31 heavy (non-hydrogen) atoms. The van der Waals surface area contributed by atoms with E-state index in [-0.39, 0.29) is 27.6 Å². The van der Waals surface area contributed by atoms with Crippen molar-refractivity contribution in [3.05, 3.63) is 58.6 Å². The van der Waals surface area contributed by atoms with E-state index in [1.165, 1.54) is 62.0 Å². The van der Waals surface area contributed by atoms with E-state index in [0.717, 1.165) is 0 Å². The van der Waals surface area contributed by atoms with Gasteiger partial charge in [0.05, 0.1) is 20.3 Å². The van der Waals surface area contributed by atoms with E-state index >= 15 is 0 Å². The molecule has 3 N–H and O–H groups in total. The Bertz CT molecular complexity index is 999. The smallest absolute Gasteiger partial charge is 0.437 e. The van der Waals surface area contributed by atoms with Crippen LogP contribution in [-0.4, -0.2) is 43.0 Å². The summed E-state index contributed by atoms with van der Waals surface area (Å²) >= 11 is 5.80. The Kier molecular flexibility index (Phi) is 6.06. The average molecular weight is 459 g/mol. The van der Waals surface area contributed by atoms with Crippen molar-refractivity contribution in [1.29, 1.82) is 0 Å². The summed E-state index contributed by atoms with van der Waals surface area (Å²) in [5.74, 6) is -2.76. The molecule has 0 radical (unpaired) electrons. The Labute approximate surface area is 180 Å². The number of amides is 2. The number of methoxy groups -OCH3 is 2. The average Bonchev–Trinajstić information content (AvgIpc) is 2.72. The number of hydrogen-bond acceptors (Lipinski definition) is 5. The minimum Gasteiger partial charge on any atom is -0.493 e. The van der Waals surface area contributed by atoms with Crippen LogP contribution in [0.2, 0.25) is 5.02 Å². The van der Waals surface area contributed by atoms with Crippen LogP contribution in [0.15, 0.2) is 42.5 Å². The second-order valence-electron chi connectivity index (χ2n) is 6.80. The zero-order valence-corrected chi connectivity index (χ0v) is 17.0. The zero-order valence-electron chi connectivity index (χ0n) is 16.3. The van der Waals surface area contributed by atoms with Crippen molar-refractivity contribution >= 4 is 23.4 Å². The molecule has 0 spiro atoms. The number of benzene rings is 2. The van der Waals surface area contributed by atoms with Gasteiger partial charge in [-0.3, -0.25) is 4.79 Å². The van der Waals surface area contributed by atoms with E-state index < -0.39 is 35.7 Å². The van der Waals surface area contributed by atoms with Crippen LogP contribution < -0.4 is 20.1 Å². The second-order valence-corrected chi connectivity index (χ2v) is 7.24. The fourth-order valence-electron chi connectivity index (χ4n) is 3.46. The summed E-state index contributed by atoms with van der Waals surface area (Å²) < 4.78 is 52.1. The van der Waals surface area contributed by atoms with Crippen LogP contribution in [0.3, 0.4) is 0 Å². The molecule has 0 aliphatic carbocycles. The minimum absolute atomic E-state index is 0.0995. The lowest BCUT2D eigenvalue weighted by atomic mass is 9.77. The summed E-state index contributed by atoms with van der Waals surface area (Å²) in [7, 11) is 2.70. The predicted octanol–water partition coefficient (Wildman–Crippen LogP) is 3.46. The molecule has 2 aromatic carbocycles. The van der Waals surface area contributed by atoms with E-state index in [1.54, 1.807) is 0 Å². The maximum Gasteiger partial charge on any atom is 0.437 e. The van der Waals surface area contributed by atoms with Crippen molar-refractivity contribution in [2.75, 3.05) is 14.2 Å². The largest absolute Gasteiger partial charge is 0.493 e. The number of carbonyl (C=O) groups is 2. The van der Waals surface area contributed by atoms with Crippen LogP contribution in [0.4, 0.5) is 18.0 Å². The summed E-state index contributed by atoms with van der Waals surface area (Å²) in [5.41, 5.74) is -3.85. The van der Waals surface area contributed by atoms with Gasteiger partial charge in [0.2, 0.25) is 5.72 Å². The van der Waals surface area contributed by atoms with Gasteiger partial charge in [-0.05, 0) is 42.0 Å². The number of halogens is 4. The van der Waals surface area contributed by atoms with Gasteiger partial charge in [0.15, 0.2) is 17.3 Å². The summed E-state index contributed by atoms with van der Waals surface area (Å²) in [4.78, 5) is 25.3. The van der Waals surface area contributed by atoms with E-state index in [4.69, 9.17) is 21.1 Å². The third-order valence-electron chi connectivity index (χ3n) is 4.98. The Morgan fingerprint density at radius 3 is 2.26 bits per heavy atom. The van der Waals surface area contributed by atoms with E-state index in [1.807, 2.05) is 0 Å². The van der Waals surface area contributed by atoms with E-state index in [0.29, 0.717) is 0 Å². The molecule has 1 aliphatic rings. The standard InChI is InChI=1S/C20H18ClF3N2O5/c1-30-13-8-5-11(9-14(13)31-2)16-15(17(27)10-3-6-12(21)7-4-10)19(29,20(22,23)24)26-18(28)25-16/h3-9,15-16,29H,1-2H3,(H2,25,26,28)/t15-,16+,19+/m0/s1. The lowest BCUT2D eigenvalue weighted by Gasteiger charge is -2.45. The normalized spacial score (nSPS) is 23.5. The monoisotopic (exact) mass is 458 g/mol. The second kappa shape index (κ2) is 8.27. The van der Waals surface area contributed by atoms with Gasteiger partial charge in [0, 0.05) is 10.6 Å². The number of aliphatic hydroxyl groups is 1. The molecular formula is C20H18ClF3N2O5. The Morgan fingerprint density at radius 2 is 1.71 bits per heavy atom. The van der Waals surface area contributed by atoms with Gasteiger partial charge in [0.1, 0.15) is 5.92 Å². The first kappa shape index (κ1) is 22.7. The highest BCUT2D eigenvalue weighted by molar-refractivity contribution is 6.30. The number of urea groups is 1. The summed E-state index contributed by atoms with van der Waals surface area (Å²) in [6.07, 6.45) is -5.35. The van der Waals surface area contributed by atoms with Gasteiger partial charge in [-0.25, -0.2) is 4.79 Å². The molecule has 166 valence electrons. The number of carbonyl (C=O) groups excluding carboxylic acids is 2. The van der Waals surface area contributed by atoms with Gasteiger partial charge in [-0.1, -0.05) is 17.7 Å². The third-order valence-corrected chi connectivity index (χ3v) is 5.24. The highest BCUT2D eigenvalue weighted by Gasteiger charge is 2.66. The van der Waals surface area contributed by atoms with Crippen molar-refractivity contribution in [2.24, 2.45) is 5.92 Å². The van der Waals surface area contributed by atoms with Gasteiger partial charge in [-0.2, -0.15) is 13.2 Å². The molecule has 1 heterocycles. The van der Waals surface area contributed by atoms with Crippen LogP contribution in [0, 0.1) is 5.92 Å². The van der Waals surface area contributed by atoms with Gasteiger partial charge in [0.25, 0.3) is 0 Å². The molecule has 0 unspecified atom stereocenters. The minimum atomic E-state index is -5.35. The van der Waals surface area contributed by atoms with Crippen LogP contribution >= 0.6 is 11.6 Å². The number of alkyl halides is 3. The lowest BCUT2D eigenvalue weighted by molar-refractivity contribution is -0.287. The van der Waals surface area contributed by atoms with Crippen LogP contribution in [0.1, 0.15) is 22.0 Å². The number of nitrogens with one attached hydrogen (secondary N) is 2. The SMILES string of the molecule is COc1ccc([C@H]2NC(=O)N[C@](O)(C(F)(F)F)[C@@H]2C(=O)c2ccc(Cl)cc2)cc1OC. The van der Waals surface area contributed by atoms with Crippen molar-refractivity contribution in [1.82, 2.24) is 10.6 Å². The van der Waals surface area contributed by atoms with Crippen LogP contribution in [0.25, 0.3) is 0 Å². The molecule has 0 aromatic heterocycles. The Balaban J connectivity index is 2.18. The highest BCUT2D eigenvalue weighted by Crippen LogP contribution is 2.45. The predicted molar refractivity (Wildman–Crippen MR) is 104 cm³/mol. The highest BCUT2D eigenvalue weighted by atomic mass is 35.5. The molecule has 1 aliphatic heterocycles. The van der Waals surface area contributed by atoms with Gasteiger partial charge >= 0.3 is 12.2 Å². The van der Waals surface area contributed by atoms with Crippen LogP contribution in [-0.2, 0) is 0 Å². The van der Waals surface area contributed by atoms with Gasteiger partial charge in [-0.15, -0.1) is 0 Å². The summed E-state index contributed by atoms with van der Waals surface area (Å²) in [6, 6.07) is 6.43. The number of rotatable bonds is 5. The molecule has 1 saturated heterocycles. The summed E-state index contributed by atoms with van der Waals surface area (Å²) in [5, 5.41) is 14.6. The van der Waals surface area contributed by atoms with E-state index in [2.05, 4.69) is 5.32 Å². The Morgan fingerprint density at radius 1 is 1.10 bits per heavy atom. The molecule has 7 nitrogen and oxygen atoms in total. The van der Waals surface area contributed by atoms with Crippen molar-refractivity contribution in [3.63, 3.8) is 0 Å². The maximum absolute atomic E-state index is 13.9. The topological polar surface area (TPSA) is 96.9 Å². The Hall–Kier alpha value is -2.98. The molecular weight excluding hydrogens is 441 g/mol. The van der Waals surface area contributed by atoms with Gasteiger partial charge < -0.3 is 25.2 Å². The molecule has 2 aromatic rings. The molecule has 1 fully saturated rings. The number of ketones is 1. The number of ether oxygens (including phenoxy) is 2. The fourth-order valence-corrected chi connectivity index (χ4v) is 3.58. The fraction of sp³-hybridized carbons (Fsp3) is 0.300. The van der Waals surface area contributed by atoms with Crippen molar-refractivity contribution in [2.45, 2.75) is 17.9 Å². The molecule has 3 atom stereocenters. The van der Waals surface area contributed by atoms with Crippen molar-refractivity contribution < 1.29 is 37.3 Å². The first-order valence-electron chi connectivity index (χ1n) is 8.91. The molecule has 11 heteroatoms. The number of hydrogen-bond donors (Lipinski definition) is 3. The first-order chi connectivity index (χ1) is 14.5.